The van der Waals surface area contributed by atoms with Crippen LogP contribution in [-0.4, -0.2) is 12.6 Å². The van der Waals surface area contributed by atoms with E-state index in [2.05, 4.69) is 4.99 Å². The van der Waals surface area contributed by atoms with E-state index in [9.17, 15) is 0 Å². The summed E-state index contributed by atoms with van der Waals surface area (Å²) in [4.78, 5) is 3.76. The van der Waals surface area contributed by atoms with Gasteiger partial charge in [-0.1, -0.05) is 17.8 Å². The second kappa shape index (κ2) is 5.76. The third-order valence-corrected chi connectivity index (χ3v) is 1.14. The summed E-state index contributed by atoms with van der Waals surface area (Å²) in [6, 6.07) is 0. The van der Waals surface area contributed by atoms with Crippen LogP contribution in [0.3, 0.4) is 0 Å². The van der Waals surface area contributed by atoms with E-state index in [1.54, 1.807) is 24.4 Å². The first-order valence-corrected chi connectivity index (χ1v) is 3.03. The number of allylic oxidation sites excluding steroid dienone is 1. The van der Waals surface area contributed by atoms with Crippen LogP contribution in [0.4, 0.5) is 0 Å². The predicted molar refractivity (Wildman–Crippen MR) is 36.8 cm³/mol. The van der Waals surface area contributed by atoms with Crippen molar-refractivity contribution in [2.24, 2.45) is 4.99 Å². The van der Waals surface area contributed by atoms with Gasteiger partial charge in [0, 0.05) is 7.05 Å². The summed E-state index contributed by atoms with van der Waals surface area (Å²) in [7, 11) is 1.76. The van der Waals surface area contributed by atoms with Gasteiger partial charge in [0.1, 0.15) is 0 Å². The van der Waals surface area contributed by atoms with Crippen LogP contribution >= 0.6 is 11.8 Å². The van der Waals surface area contributed by atoms with Crippen molar-refractivity contribution in [3.8, 4) is 0 Å². The van der Waals surface area contributed by atoms with Crippen molar-refractivity contribution in [2.45, 2.75) is 6.92 Å². The van der Waals surface area contributed by atoms with Gasteiger partial charge >= 0.3 is 0 Å². The van der Waals surface area contributed by atoms with E-state index in [1.165, 1.54) is 0 Å². The quantitative estimate of drug-likeness (QED) is 0.395. The first-order chi connectivity index (χ1) is 3.41. The molecule has 0 amide bonds. The number of hydrogen-bond acceptors (Lipinski definition) is 2. The fourth-order valence-electron chi connectivity index (χ4n) is 0.175. The van der Waals surface area contributed by atoms with Crippen LogP contribution in [0.25, 0.3) is 0 Å². The first kappa shape index (κ1) is 6.76. The Kier molecular flexibility index (Phi) is 5.56. The molecule has 0 bridgehead atoms. The highest BCUT2D eigenvalue weighted by molar-refractivity contribution is 8.14. The molecule has 0 spiro atoms. The second-order valence-corrected chi connectivity index (χ2v) is 1.72. The average Bonchev–Trinajstić information content (AvgIpc) is 1.69. The number of rotatable bonds is 2. The maximum atomic E-state index is 3.76. The summed E-state index contributed by atoms with van der Waals surface area (Å²) in [5.74, 6) is 0. The topological polar surface area (TPSA) is 12.4 Å². The third-order valence-electron chi connectivity index (χ3n) is 0.381. The SMILES string of the molecule is C/C=C\SC=NC. The Labute approximate surface area is 48.5 Å². The van der Waals surface area contributed by atoms with Gasteiger partial charge < -0.3 is 0 Å². The van der Waals surface area contributed by atoms with E-state index >= 15 is 0 Å². The molecule has 2 heteroatoms. The van der Waals surface area contributed by atoms with Crippen molar-refractivity contribution in [3.63, 3.8) is 0 Å². The Morgan fingerprint density at radius 1 is 1.57 bits per heavy atom. The lowest BCUT2D eigenvalue weighted by Gasteiger charge is -1.73. The normalized spacial score (nSPS) is 11.7. The monoisotopic (exact) mass is 115 g/mol. The van der Waals surface area contributed by atoms with E-state index in [-0.39, 0.29) is 0 Å². The Hall–Kier alpha value is -0.240. The molecule has 40 valence electrons. The molecule has 0 aromatic rings. The molecule has 0 aromatic carbocycles. The molecule has 1 nitrogen and oxygen atoms in total. The van der Waals surface area contributed by atoms with Crippen molar-refractivity contribution in [1.82, 2.24) is 0 Å². The van der Waals surface area contributed by atoms with E-state index in [0.29, 0.717) is 0 Å². The van der Waals surface area contributed by atoms with Gasteiger partial charge in [-0.05, 0) is 12.3 Å². The molecule has 0 fully saturated rings. The maximum Gasteiger partial charge on any atom is 0.0579 e. The highest BCUT2D eigenvalue weighted by Crippen LogP contribution is 1.93. The molecule has 0 rings (SSSR count). The van der Waals surface area contributed by atoms with Gasteiger partial charge in [0.05, 0.1) is 5.55 Å². The average molecular weight is 115 g/mol. The van der Waals surface area contributed by atoms with Crippen molar-refractivity contribution in [2.75, 3.05) is 7.05 Å². The van der Waals surface area contributed by atoms with Gasteiger partial charge in [0.15, 0.2) is 0 Å². The molecule has 7 heavy (non-hydrogen) atoms. The summed E-state index contributed by atoms with van der Waals surface area (Å²) in [6.45, 7) is 1.98. The van der Waals surface area contributed by atoms with Crippen LogP contribution in [-0.2, 0) is 0 Å². The Morgan fingerprint density at radius 3 is 2.71 bits per heavy atom. The molecule has 0 aliphatic rings. The van der Waals surface area contributed by atoms with Gasteiger partial charge in [0.2, 0.25) is 0 Å². The van der Waals surface area contributed by atoms with Crippen molar-refractivity contribution in [3.05, 3.63) is 11.5 Å². The summed E-state index contributed by atoms with van der Waals surface area (Å²) in [6.07, 6.45) is 1.98. The molecule has 0 aromatic heterocycles. The molecule has 0 aliphatic carbocycles. The molecular formula is C5H9NS. The molecule has 0 saturated heterocycles. The number of thioether (sulfide) groups is 1. The van der Waals surface area contributed by atoms with Gasteiger partial charge in [0.25, 0.3) is 0 Å². The van der Waals surface area contributed by atoms with Crippen LogP contribution in [0, 0.1) is 0 Å². The Balaban J connectivity index is 2.98. The predicted octanol–water partition coefficient (Wildman–Crippen LogP) is 1.91. The second-order valence-electron chi connectivity index (χ2n) is 0.969. The number of aliphatic imine (C=N–C) groups is 1. The highest BCUT2D eigenvalue weighted by atomic mass is 32.2. The fraction of sp³-hybridized carbons (Fsp3) is 0.400. The zero-order valence-electron chi connectivity index (χ0n) is 4.59. The molecule has 0 radical (unpaired) electrons. The van der Waals surface area contributed by atoms with Crippen LogP contribution in [0.1, 0.15) is 6.92 Å². The minimum absolute atomic E-state index is 1.58. The maximum absolute atomic E-state index is 3.76. The van der Waals surface area contributed by atoms with Crippen molar-refractivity contribution < 1.29 is 0 Å². The molecule has 0 heterocycles. The summed E-state index contributed by atoms with van der Waals surface area (Å²) < 4.78 is 0. The molecule has 0 unspecified atom stereocenters. The smallest absolute Gasteiger partial charge is 0.0579 e. The lowest BCUT2D eigenvalue weighted by atomic mass is 10.8. The van der Waals surface area contributed by atoms with Crippen molar-refractivity contribution in [1.29, 1.82) is 0 Å². The zero-order chi connectivity index (χ0) is 5.54. The molecule has 0 N–H and O–H groups in total. The van der Waals surface area contributed by atoms with Gasteiger partial charge in [-0.2, -0.15) is 0 Å². The highest BCUT2D eigenvalue weighted by Gasteiger charge is 1.62. The summed E-state index contributed by atoms with van der Waals surface area (Å²) in [5, 5.41) is 1.98. The molecular weight excluding hydrogens is 106 g/mol. The Bertz CT molecular complexity index is 66.1. The standard InChI is InChI=1S/C5H9NS/c1-3-4-7-5-6-2/h3-5H,1-2H3/b4-3-,6-5?. The Morgan fingerprint density at radius 2 is 2.29 bits per heavy atom. The lowest BCUT2D eigenvalue weighted by molar-refractivity contribution is 1.49. The van der Waals surface area contributed by atoms with Gasteiger partial charge in [-0.15, -0.1) is 0 Å². The third kappa shape index (κ3) is 5.76. The van der Waals surface area contributed by atoms with Crippen LogP contribution in [0.5, 0.6) is 0 Å². The molecule has 0 atom stereocenters. The largest absolute Gasteiger partial charge is 0.289 e. The number of hydrogen-bond donors (Lipinski definition) is 0. The van der Waals surface area contributed by atoms with E-state index in [1.807, 2.05) is 18.4 Å². The number of nitrogens with zero attached hydrogens (tertiary/aromatic N) is 1. The fourth-order valence-corrected chi connectivity index (χ4v) is 0.524. The van der Waals surface area contributed by atoms with Gasteiger partial charge in [-0.25, -0.2) is 0 Å². The first-order valence-electron chi connectivity index (χ1n) is 2.09. The van der Waals surface area contributed by atoms with E-state index < -0.39 is 0 Å². The van der Waals surface area contributed by atoms with Crippen LogP contribution in [0.15, 0.2) is 16.5 Å². The van der Waals surface area contributed by atoms with E-state index in [4.69, 9.17) is 0 Å². The van der Waals surface area contributed by atoms with Crippen LogP contribution < -0.4 is 0 Å². The minimum atomic E-state index is 1.58. The minimum Gasteiger partial charge on any atom is -0.289 e. The summed E-state index contributed by atoms with van der Waals surface area (Å²) >= 11 is 1.58. The zero-order valence-corrected chi connectivity index (χ0v) is 5.40. The van der Waals surface area contributed by atoms with Crippen molar-refractivity contribution >= 4 is 17.3 Å². The molecule has 0 aliphatic heterocycles. The molecule has 0 saturated carbocycles. The van der Waals surface area contributed by atoms with E-state index in [0.717, 1.165) is 0 Å². The van der Waals surface area contributed by atoms with Crippen LogP contribution in [0.2, 0.25) is 0 Å². The van der Waals surface area contributed by atoms with Gasteiger partial charge in [-0.3, -0.25) is 4.99 Å². The lowest BCUT2D eigenvalue weighted by Crippen LogP contribution is -1.53. The summed E-state index contributed by atoms with van der Waals surface area (Å²) in [5.41, 5.74) is 1.79.